The Morgan fingerprint density at radius 3 is 2.77 bits per heavy atom. The number of hydrogen-bond acceptors (Lipinski definition) is 7. The monoisotopic (exact) mass is 402 g/mol. The van der Waals surface area contributed by atoms with Crippen LogP contribution in [0.3, 0.4) is 0 Å². The second kappa shape index (κ2) is 7.48. The standard InChI is InChI=1S/C17H11FN4OS3/c18-11-3-1-10(2-4-11)12-7-25-15-14(12)16(21-9-20-15)26-8-13(23)22-17-19-5-6-24-17/h1-7,9H,8H2,(H,19,22,23). The molecular formula is C17H11FN4OS3. The highest BCUT2D eigenvalue weighted by molar-refractivity contribution is 8.00. The van der Waals surface area contributed by atoms with Crippen LogP contribution in [-0.4, -0.2) is 26.6 Å². The van der Waals surface area contributed by atoms with Gasteiger partial charge in [-0.15, -0.1) is 22.7 Å². The topological polar surface area (TPSA) is 67.8 Å². The van der Waals surface area contributed by atoms with Gasteiger partial charge in [-0.05, 0) is 17.7 Å². The average molecular weight is 403 g/mol. The van der Waals surface area contributed by atoms with Crippen molar-refractivity contribution in [3.05, 3.63) is 53.4 Å². The van der Waals surface area contributed by atoms with Crippen molar-refractivity contribution in [1.29, 1.82) is 0 Å². The lowest BCUT2D eigenvalue weighted by molar-refractivity contribution is -0.113. The van der Waals surface area contributed by atoms with E-state index in [9.17, 15) is 9.18 Å². The summed E-state index contributed by atoms with van der Waals surface area (Å²) in [6.07, 6.45) is 3.13. The van der Waals surface area contributed by atoms with Gasteiger partial charge in [-0.25, -0.2) is 19.3 Å². The number of carbonyl (C=O) groups excluding carboxylic acids is 1. The summed E-state index contributed by atoms with van der Waals surface area (Å²) < 4.78 is 13.2. The minimum Gasteiger partial charge on any atom is -0.301 e. The van der Waals surface area contributed by atoms with Gasteiger partial charge in [0.2, 0.25) is 5.91 Å². The number of carbonyl (C=O) groups is 1. The van der Waals surface area contributed by atoms with Crippen LogP contribution in [-0.2, 0) is 4.79 Å². The smallest absolute Gasteiger partial charge is 0.236 e. The average Bonchev–Trinajstić information content (AvgIpc) is 3.30. The molecule has 0 unspecified atom stereocenters. The van der Waals surface area contributed by atoms with Gasteiger partial charge in [0.15, 0.2) is 5.13 Å². The summed E-state index contributed by atoms with van der Waals surface area (Å²) in [5.41, 5.74) is 1.83. The summed E-state index contributed by atoms with van der Waals surface area (Å²) in [6, 6.07) is 6.31. The lowest BCUT2D eigenvalue weighted by Gasteiger charge is -2.05. The van der Waals surface area contributed by atoms with Crippen LogP contribution in [0, 0.1) is 5.82 Å². The predicted molar refractivity (Wildman–Crippen MR) is 104 cm³/mol. The minimum atomic E-state index is -0.280. The molecule has 130 valence electrons. The largest absolute Gasteiger partial charge is 0.301 e. The van der Waals surface area contributed by atoms with Gasteiger partial charge in [0.1, 0.15) is 22.0 Å². The number of thiophene rings is 1. The van der Waals surface area contributed by atoms with Crippen LogP contribution >= 0.6 is 34.4 Å². The van der Waals surface area contributed by atoms with Crippen LogP contribution < -0.4 is 5.32 Å². The highest BCUT2D eigenvalue weighted by Crippen LogP contribution is 2.37. The van der Waals surface area contributed by atoms with Gasteiger partial charge in [0.25, 0.3) is 0 Å². The number of nitrogens with zero attached hydrogens (tertiary/aromatic N) is 3. The van der Waals surface area contributed by atoms with Gasteiger partial charge >= 0.3 is 0 Å². The second-order valence-electron chi connectivity index (χ2n) is 5.19. The van der Waals surface area contributed by atoms with Crippen LogP contribution in [0.5, 0.6) is 0 Å². The van der Waals surface area contributed by atoms with E-state index < -0.39 is 0 Å². The molecule has 1 aromatic carbocycles. The molecular weight excluding hydrogens is 391 g/mol. The number of anilines is 1. The van der Waals surface area contributed by atoms with Gasteiger partial charge in [-0.1, -0.05) is 23.9 Å². The molecule has 0 fully saturated rings. The number of rotatable bonds is 5. The Morgan fingerprint density at radius 1 is 1.15 bits per heavy atom. The van der Waals surface area contributed by atoms with E-state index in [2.05, 4.69) is 20.3 Å². The molecule has 0 aliphatic heterocycles. The first-order valence-corrected chi connectivity index (χ1v) is 10.3. The number of hydrogen-bond donors (Lipinski definition) is 1. The fraction of sp³-hybridized carbons (Fsp3) is 0.0588. The number of thioether (sulfide) groups is 1. The van der Waals surface area contributed by atoms with Crippen molar-refractivity contribution in [3.8, 4) is 11.1 Å². The summed E-state index contributed by atoms with van der Waals surface area (Å²) >= 11 is 4.21. The SMILES string of the molecule is O=C(CSc1ncnc2scc(-c3ccc(F)cc3)c12)Nc1nccs1. The number of thiazole rings is 1. The molecule has 0 saturated carbocycles. The molecule has 0 atom stereocenters. The van der Waals surface area contributed by atoms with Gasteiger partial charge in [0.05, 0.1) is 11.1 Å². The van der Waals surface area contributed by atoms with E-state index in [1.165, 1.54) is 52.9 Å². The van der Waals surface area contributed by atoms with Crippen molar-refractivity contribution < 1.29 is 9.18 Å². The molecule has 3 heterocycles. The van der Waals surface area contributed by atoms with Crippen LogP contribution in [0.15, 0.2) is 52.6 Å². The Morgan fingerprint density at radius 2 is 2.00 bits per heavy atom. The summed E-state index contributed by atoms with van der Waals surface area (Å²) in [7, 11) is 0. The van der Waals surface area contributed by atoms with E-state index in [-0.39, 0.29) is 17.5 Å². The molecule has 4 aromatic rings. The normalized spacial score (nSPS) is 11.0. The number of aromatic nitrogens is 3. The van der Waals surface area contributed by atoms with E-state index in [0.717, 1.165) is 26.4 Å². The lowest BCUT2D eigenvalue weighted by Crippen LogP contribution is -2.13. The molecule has 0 radical (unpaired) electrons. The number of benzene rings is 1. The molecule has 5 nitrogen and oxygen atoms in total. The molecule has 26 heavy (non-hydrogen) atoms. The molecule has 3 aromatic heterocycles. The third-order valence-electron chi connectivity index (χ3n) is 3.51. The minimum absolute atomic E-state index is 0.143. The molecule has 0 spiro atoms. The number of halogens is 1. The van der Waals surface area contributed by atoms with Crippen molar-refractivity contribution in [1.82, 2.24) is 15.0 Å². The maximum Gasteiger partial charge on any atom is 0.236 e. The third kappa shape index (κ3) is 3.59. The van der Waals surface area contributed by atoms with Crippen LogP contribution in [0.4, 0.5) is 9.52 Å². The van der Waals surface area contributed by atoms with Gasteiger partial charge in [0, 0.05) is 22.5 Å². The van der Waals surface area contributed by atoms with Crippen LogP contribution in [0.1, 0.15) is 0 Å². The summed E-state index contributed by atoms with van der Waals surface area (Å²) in [5.74, 6) is -0.210. The zero-order valence-corrected chi connectivity index (χ0v) is 15.6. The Hall–Kier alpha value is -2.36. The first kappa shape index (κ1) is 17.1. The van der Waals surface area contributed by atoms with E-state index in [1.54, 1.807) is 23.7 Å². The second-order valence-corrected chi connectivity index (χ2v) is 7.91. The Bertz CT molecular complexity index is 1050. The van der Waals surface area contributed by atoms with Gasteiger partial charge in [-0.2, -0.15) is 0 Å². The van der Waals surface area contributed by atoms with Crippen LogP contribution in [0.2, 0.25) is 0 Å². The quantitative estimate of drug-likeness (QED) is 0.388. The van der Waals surface area contributed by atoms with E-state index in [4.69, 9.17) is 0 Å². The van der Waals surface area contributed by atoms with E-state index in [1.807, 2.05) is 5.38 Å². The van der Waals surface area contributed by atoms with E-state index in [0.29, 0.717) is 5.13 Å². The molecule has 0 bridgehead atoms. The molecule has 0 saturated heterocycles. The number of nitrogens with one attached hydrogen (secondary N) is 1. The summed E-state index contributed by atoms with van der Waals surface area (Å²) in [4.78, 5) is 25.6. The number of amides is 1. The van der Waals surface area contributed by atoms with Crippen molar-refractivity contribution in [2.75, 3.05) is 11.1 Å². The van der Waals surface area contributed by atoms with Crippen molar-refractivity contribution >= 4 is 55.7 Å². The summed E-state index contributed by atoms with van der Waals surface area (Å²) in [6.45, 7) is 0. The maximum absolute atomic E-state index is 13.2. The zero-order chi connectivity index (χ0) is 17.9. The fourth-order valence-electron chi connectivity index (χ4n) is 2.37. The Balaban J connectivity index is 1.60. The fourth-order valence-corrected chi connectivity index (χ4v) is 4.71. The first-order valence-electron chi connectivity index (χ1n) is 7.51. The summed E-state index contributed by atoms with van der Waals surface area (Å²) in [5, 5.41) is 8.72. The van der Waals surface area contributed by atoms with Crippen molar-refractivity contribution in [3.63, 3.8) is 0 Å². The third-order valence-corrected chi connectivity index (χ3v) is 6.07. The molecule has 4 rings (SSSR count). The maximum atomic E-state index is 13.2. The highest BCUT2D eigenvalue weighted by Gasteiger charge is 2.15. The molecule has 0 aliphatic rings. The van der Waals surface area contributed by atoms with Crippen molar-refractivity contribution in [2.24, 2.45) is 0 Å². The van der Waals surface area contributed by atoms with Crippen molar-refractivity contribution in [2.45, 2.75) is 5.03 Å². The molecule has 1 amide bonds. The predicted octanol–water partition coefficient (Wildman–Crippen LogP) is 4.68. The first-order chi connectivity index (χ1) is 12.7. The molecule has 1 N–H and O–H groups in total. The Labute approximate surface area is 160 Å². The lowest BCUT2D eigenvalue weighted by atomic mass is 10.1. The zero-order valence-electron chi connectivity index (χ0n) is 13.2. The van der Waals surface area contributed by atoms with E-state index >= 15 is 0 Å². The Kier molecular flexibility index (Phi) is 4.91. The van der Waals surface area contributed by atoms with Crippen LogP contribution in [0.25, 0.3) is 21.3 Å². The van der Waals surface area contributed by atoms with Gasteiger partial charge in [-0.3, -0.25) is 4.79 Å². The molecule has 9 heteroatoms. The highest BCUT2D eigenvalue weighted by atomic mass is 32.2. The van der Waals surface area contributed by atoms with Gasteiger partial charge < -0.3 is 5.32 Å². The molecule has 0 aliphatic carbocycles. The number of fused-ring (bicyclic) bond motifs is 1.